The number of benzene rings is 1. The largest absolute Gasteiger partial charge is 0.454 e. The first-order chi connectivity index (χ1) is 9.63. The molecule has 1 fully saturated rings. The van der Waals surface area contributed by atoms with Crippen molar-refractivity contribution in [3.63, 3.8) is 0 Å². The molecule has 0 saturated carbocycles. The van der Waals surface area contributed by atoms with E-state index in [-0.39, 0.29) is 24.6 Å². The van der Waals surface area contributed by atoms with Gasteiger partial charge in [0.2, 0.25) is 18.6 Å². The zero-order valence-corrected chi connectivity index (χ0v) is 11.2. The molecule has 1 aromatic rings. The summed E-state index contributed by atoms with van der Waals surface area (Å²) in [6, 6.07) is 5.23. The Morgan fingerprint density at radius 3 is 2.95 bits per heavy atom. The van der Waals surface area contributed by atoms with E-state index in [0.717, 1.165) is 11.3 Å². The monoisotopic (exact) mass is 276 g/mol. The van der Waals surface area contributed by atoms with Crippen LogP contribution in [0, 0.1) is 0 Å². The standard InChI is InChI=1S/C14H16N2O4/c1-16(14(18)10-3-5-13(17)15-10)7-9-2-4-11-12(6-9)20-8-19-11/h2,4,6,10H,3,5,7-8H2,1H3,(H,15,17). The smallest absolute Gasteiger partial charge is 0.245 e. The second-order valence-corrected chi connectivity index (χ2v) is 5.04. The zero-order chi connectivity index (χ0) is 14.1. The summed E-state index contributed by atoms with van der Waals surface area (Å²) in [5.41, 5.74) is 0.967. The Kier molecular flexibility index (Phi) is 3.22. The third kappa shape index (κ3) is 2.41. The summed E-state index contributed by atoms with van der Waals surface area (Å²) in [5.74, 6) is 1.32. The van der Waals surface area contributed by atoms with Crippen LogP contribution in [-0.4, -0.2) is 36.6 Å². The van der Waals surface area contributed by atoms with E-state index in [1.165, 1.54) is 0 Å². The van der Waals surface area contributed by atoms with E-state index in [1.54, 1.807) is 11.9 Å². The lowest BCUT2D eigenvalue weighted by molar-refractivity contribution is -0.133. The average Bonchev–Trinajstić information content (AvgIpc) is 3.05. The van der Waals surface area contributed by atoms with Crippen molar-refractivity contribution in [2.75, 3.05) is 13.8 Å². The van der Waals surface area contributed by atoms with Crippen LogP contribution >= 0.6 is 0 Å². The van der Waals surface area contributed by atoms with Gasteiger partial charge in [0.1, 0.15) is 6.04 Å². The second kappa shape index (κ2) is 5.03. The van der Waals surface area contributed by atoms with Gasteiger partial charge in [-0.05, 0) is 24.1 Å². The SMILES string of the molecule is CN(Cc1ccc2c(c1)OCO2)C(=O)C1CCC(=O)N1. The first-order valence-corrected chi connectivity index (χ1v) is 6.56. The molecular formula is C14H16N2O4. The van der Waals surface area contributed by atoms with Crippen molar-refractivity contribution in [2.24, 2.45) is 0 Å². The first-order valence-electron chi connectivity index (χ1n) is 6.56. The van der Waals surface area contributed by atoms with Crippen LogP contribution in [0.1, 0.15) is 18.4 Å². The predicted octanol–water partition coefficient (Wildman–Crippen LogP) is 0.652. The van der Waals surface area contributed by atoms with Gasteiger partial charge in [0.05, 0.1) is 0 Å². The average molecular weight is 276 g/mol. The van der Waals surface area contributed by atoms with Crippen molar-refractivity contribution >= 4 is 11.8 Å². The predicted molar refractivity (Wildman–Crippen MR) is 70.2 cm³/mol. The molecule has 0 aliphatic carbocycles. The van der Waals surface area contributed by atoms with E-state index in [0.29, 0.717) is 25.1 Å². The van der Waals surface area contributed by atoms with Gasteiger partial charge < -0.3 is 19.7 Å². The summed E-state index contributed by atoms with van der Waals surface area (Å²) in [5, 5.41) is 2.69. The molecule has 2 heterocycles. The lowest BCUT2D eigenvalue weighted by Crippen LogP contribution is -2.42. The lowest BCUT2D eigenvalue weighted by atomic mass is 10.1. The zero-order valence-electron chi connectivity index (χ0n) is 11.2. The molecule has 0 radical (unpaired) electrons. The number of hydrogen-bond donors (Lipinski definition) is 1. The Morgan fingerprint density at radius 1 is 1.40 bits per heavy atom. The topological polar surface area (TPSA) is 67.9 Å². The number of likely N-dealkylation sites (N-methyl/N-ethyl adjacent to an activating group) is 1. The maximum absolute atomic E-state index is 12.2. The van der Waals surface area contributed by atoms with E-state index in [9.17, 15) is 9.59 Å². The highest BCUT2D eigenvalue weighted by Gasteiger charge is 2.29. The molecule has 20 heavy (non-hydrogen) atoms. The second-order valence-electron chi connectivity index (χ2n) is 5.04. The van der Waals surface area contributed by atoms with Crippen molar-refractivity contribution < 1.29 is 19.1 Å². The highest BCUT2D eigenvalue weighted by molar-refractivity contribution is 5.90. The lowest BCUT2D eigenvalue weighted by Gasteiger charge is -2.21. The van der Waals surface area contributed by atoms with Crippen LogP contribution in [0.15, 0.2) is 18.2 Å². The number of fused-ring (bicyclic) bond motifs is 1. The van der Waals surface area contributed by atoms with E-state index in [4.69, 9.17) is 9.47 Å². The molecule has 1 atom stereocenters. The summed E-state index contributed by atoms with van der Waals surface area (Å²) < 4.78 is 10.6. The van der Waals surface area contributed by atoms with Crippen molar-refractivity contribution in [1.82, 2.24) is 10.2 Å². The van der Waals surface area contributed by atoms with Crippen molar-refractivity contribution in [3.8, 4) is 11.5 Å². The fourth-order valence-corrected chi connectivity index (χ4v) is 2.46. The third-order valence-electron chi connectivity index (χ3n) is 3.53. The highest BCUT2D eigenvalue weighted by atomic mass is 16.7. The Morgan fingerprint density at radius 2 is 2.20 bits per heavy atom. The van der Waals surface area contributed by atoms with Gasteiger partial charge in [0.15, 0.2) is 11.5 Å². The minimum atomic E-state index is -0.387. The molecule has 1 aromatic carbocycles. The number of ether oxygens (including phenoxy) is 2. The summed E-state index contributed by atoms with van der Waals surface area (Å²) in [7, 11) is 1.73. The molecule has 1 N–H and O–H groups in total. The number of hydrogen-bond acceptors (Lipinski definition) is 4. The number of carbonyl (C=O) groups is 2. The van der Waals surface area contributed by atoms with Gasteiger partial charge in [-0.1, -0.05) is 6.07 Å². The fraction of sp³-hybridized carbons (Fsp3) is 0.429. The van der Waals surface area contributed by atoms with Crippen molar-refractivity contribution in [2.45, 2.75) is 25.4 Å². The molecule has 0 aromatic heterocycles. The van der Waals surface area contributed by atoms with Crippen LogP contribution in [0.3, 0.4) is 0 Å². The Bertz CT molecular complexity index is 558. The van der Waals surface area contributed by atoms with E-state index in [1.807, 2.05) is 18.2 Å². The van der Waals surface area contributed by atoms with Gasteiger partial charge in [-0.15, -0.1) is 0 Å². The summed E-state index contributed by atoms with van der Waals surface area (Å²) >= 11 is 0. The molecule has 1 unspecified atom stereocenters. The Balaban J connectivity index is 1.65. The maximum atomic E-state index is 12.2. The summed E-state index contributed by atoms with van der Waals surface area (Å²) in [4.78, 5) is 25.0. The molecular weight excluding hydrogens is 260 g/mol. The molecule has 6 heteroatoms. The Labute approximate surface area is 116 Å². The van der Waals surface area contributed by atoms with Crippen molar-refractivity contribution in [1.29, 1.82) is 0 Å². The number of nitrogens with zero attached hydrogens (tertiary/aromatic N) is 1. The van der Waals surface area contributed by atoms with Crippen LogP contribution in [0.2, 0.25) is 0 Å². The first kappa shape index (κ1) is 12.8. The van der Waals surface area contributed by atoms with Crippen LogP contribution in [-0.2, 0) is 16.1 Å². The van der Waals surface area contributed by atoms with Gasteiger partial charge in [0, 0.05) is 20.0 Å². The molecule has 2 amide bonds. The highest BCUT2D eigenvalue weighted by Crippen LogP contribution is 2.32. The fourth-order valence-electron chi connectivity index (χ4n) is 2.46. The van der Waals surface area contributed by atoms with Crippen LogP contribution in [0.4, 0.5) is 0 Å². The minimum absolute atomic E-state index is 0.0557. The quantitative estimate of drug-likeness (QED) is 0.880. The molecule has 2 aliphatic heterocycles. The van der Waals surface area contributed by atoms with E-state index >= 15 is 0 Å². The number of carbonyl (C=O) groups excluding carboxylic acids is 2. The normalized spacial score (nSPS) is 19.9. The molecule has 6 nitrogen and oxygen atoms in total. The molecule has 0 spiro atoms. The van der Waals surface area contributed by atoms with E-state index < -0.39 is 0 Å². The van der Waals surface area contributed by atoms with Gasteiger partial charge >= 0.3 is 0 Å². The van der Waals surface area contributed by atoms with Crippen molar-refractivity contribution in [3.05, 3.63) is 23.8 Å². The molecule has 106 valence electrons. The Hall–Kier alpha value is -2.24. The van der Waals surface area contributed by atoms with Crippen LogP contribution in [0.25, 0.3) is 0 Å². The molecule has 1 saturated heterocycles. The van der Waals surface area contributed by atoms with E-state index in [2.05, 4.69) is 5.32 Å². The number of amides is 2. The number of rotatable bonds is 3. The summed E-state index contributed by atoms with van der Waals surface area (Å²) in [6.07, 6.45) is 0.997. The molecule has 3 rings (SSSR count). The van der Waals surface area contributed by atoms with Gasteiger partial charge in [-0.3, -0.25) is 9.59 Å². The maximum Gasteiger partial charge on any atom is 0.245 e. The van der Waals surface area contributed by atoms with Crippen LogP contribution < -0.4 is 14.8 Å². The summed E-state index contributed by atoms with van der Waals surface area (Å²) in [6.45, 7) is 0.712. The van der Waals surface area contributed by atoms with Crippen LogP contribution in [0.5, 0.6) is 11.5 Å². The van der Waals surface area contributed by atoms with Gasteiger partial charge in [-0.25, -0.2) is 0 Å². The van der Waals surface area contributed by atoms with Gasteiger partial charge in [0.25, 0.3) is 0 Å². The molecule has 0 bridgehead atoms. The van der Waals surface area contributed by atoms with Gasteiger partial charge in [-0.2, -0.15) is 0 Å². The minimum Gasteiger partial charge on any atom is -0.454 e. The third-order valence-corrected chi connectivity index (χ3v) is 3.53. The number of nitrogens with one attached hydrogen (secondary N) is 1. The molecule has 2 aliphatic rings.